The van der Waals surface area contributed by atoms with Crippen molar-refractivity contribution in [3.05, 3.63) is 29.3 Å². The molecule has 0 spiro atoms. The standard InChI is InChI=1S/C15H22N2O3/c1-10(2)5-4-8-16-15(20)17-12-6-7-13(14(18)19)11(3)9-12/h6-7,9-10H,4-5,8H2,1-3H3,(H,18,19)(H2,16,17,20). The van der Waals surface area contributed by atoms with Crippen LogP contribution in [0.4, 0.5) is 10.5 Å². The molecular formula is C15H22N2O3. The van der Waals surface area contributed by atoms with Gasteiger partial charge >= 0.3 is 12.0 Å². The van der Waals surface area contributed by atoms with E-state index in [-0.39, 0.29) is 11.6 Å². The summed E-state index contributed by atoms with van der Waals surface area (Å²) in [6.45, 7) is 6.63. The van der Waals surface area contributed by atoms with E-state index in [2.05, 4.69) is 24.5 Å². The summed E-state index contributed by atoms with van der Waals surface area (Å²) in [5.74, 6) is -0.335. The lowest BCUT2D eigenvalue weighted by atomic mass is 10.1. The second-order valence-electron chi connectivity index (χ2n) is 5.25. The zero-order chi connectivity index (χ0) is 15.1. The van der Waals surface area contributed by atoms with Crippen molar-refractivity contribution in [1.29, 1.82) is 0 Å². The molecule has 0 fully saturated rings. The molecule has 1 aromatic carbocycles. The average Bonchev–Trinajstić information content (AvgIpc) is 2.34. The van der Waals surface area contributed by atoms with E-state index in [4.69, 9.17) is 5.11 Å². The Kier molecular flexibility index (Phi) is 6.03. The fraction of sp³-hybridized carbons (Fsp3) is 0.467. The van der Waals surface area contributed by atoms with Gasteiger partial charge in [0.2, 0.25) is 0 Å². The van der Waals surface area contributed by atoms with Crippen LogP contribution in [-0.4, -0.2) is 23.7 Å². The maximum absolute atomic E-state index is 11.6. The van der Waals surface area contributed by atoms with Gasteiger partial charge in [-0.25, -0.2) is 9.59 Å². The van der Waals surface area contributed by atoms with E-state index in [1.54, 1.807) is 19.1 Å². The maximum atomic E-state index is 11.6. The van der Waals surface area contributed by atoms with Crippen molar-refractivity contribution >= 4 is 17.7 Å². The number of rotatable bonds is 6. The van der Waals surface area contributed by atoms with Crippen LogP contribution in [0.25, 0.3) is 0 Å². The van der Waals surface area contributed by atoms with Crippen molar-refractivity contribution in [2.45, 2.75) is 33.6 Å². The van der Waals surface area contributed by atoms with Crippen LogP contribution in [-0.2, 0) is 0 Å². The Morgan fingerprint density at radius 1 is 1.30 bits per heavy atom. The van der Waals surface area contributed by atoms with Gasteiger partial charge in [-0.2, -0.15) is 0 Å². The zero-order valence-corrected chi connectivity index (χ0v) is 12.2. The molecule has 20 heavy (non-hydrogen) atoms. The molecule has 1 aromatic rings. The van der Waals surface area contributed by atoms with Crippen LogP contribution in [0.1, 0.15) is 42.6 Å². The largest absolute Gasteiger partial charge is 0.478 e. The number of amides is 2. The van der Waals surface area contributed by atoms with E-state index in [0.29, 0.717) is 23.7 Å². The monoisotopic (exact) mass is 278 g/mol. The highest BCUT2D eigenvalue weighted by molar-refractivity contribution is 5.92. The number of urea groups is 1. The van der Waals surface area contributed by atoms with Crippen LogP contribution in [0.15, 0.2) is 18.2 Å². The van der Waals surface area contributed by atoms with Crippen LogP contribution in [0.5, 0.6) is 0 Å². The van der Waals surface area contributed by atoms with Crippen molar-refractivity contribution in [3.8, 4) is 0 Å². The van der Waals surface area contributed by atoms with Gasteiger partial charge < -0.3 is 15.7 Å². The first-order valence-electron chi connectivity index (χ1n) is 6.79. The molecule has 0 unspecified atom stereocenters. The first-order valence-corrected chi connectivity index (χ1v) is 6.79. The molecule has 0 heterocycles. The number of benzene rings is 1. The van der Waals surface area contributed by atoms with Gasteiger partial charge in [0.25, 0.3) is 0 Å². The van der Waals surface area contributed by atoms with E-state index in [9.17, 15) is 9.59 Å². The Labute approximate surface area is 119 Å². The summed E-state index contributed by atoms with van der Waals surface area (Å²) in [4.78, 5) is 22.5. The third-order valence-electron chi connectivity index (χ3n) is 2.96. The molecule has 110 valence electrons. The van der Waals surface area contributed by atoms with Gasteiger partial charge in [0.05, 0.1) is 5.56 Å². The minimum absolute atomic E-state index is 0.243. The topological polar surface area (TPSA) is 78.4 Å². The predicted molar refractivity (Wildman–Crippen MR) is 79.2 cm³/mol. The smallest absolute Gasteiger partial charge is 0.335 e. The molecule has 0 aromatic heterocycles. The van der Waals surface area contributed by atoms with Crippen molar-refractivity contribution < 1.29 is 14.7 Å². The molecule has 0 bridgehead atoms. The molecule has 0 saturated carbocycles. The number of carboxylic acid groups (broad SMARTS) is 1. The molecule has 0 aliphatic carbocycles. The molecule has 0 atom stereocenters. The van der Waals surface area contributed by atoms with Gasteiger partial charge in [-0.1, -0.05) is 13.8 Å². The van der Waals surface area contributed by atoms with E-state index in [0.717, 1.165) is 12.8 Å². The third kappa shape index (κ3) is 5.30. The lowest BCUT2D eigenvalue weighted by Crippen LogP contribution is -2.29. The fourth-order valence-electron chi connectivity index (χ4n) is 1.87. The van der Waals surface area contributed by atoms with Crippen LogP contribution >= 0.6 is 0 Å². The first kappa shape index (κ1) is 16.0. The molecule has 0 saturated heterocycles. The second-order valence-corrected chi connectivity index (χ2v) is 5.25. The predicted octanol–water partition coefficient (Wildman–Crippen LogP) is 3.25. The molecule has 5 heteroatoms. The van der Waals surface area contributed by atoms with Crippen molar-refractivity contribution in [3.63, 3.8) is 0 Å². The first-order chi connectivity index (χ1) is 9.40. The number of hydrogen-bond acceptors (Lipinski definition) is 2. The Morgan fingerprint density at radius 3 is 2.55 bits per heavy atom. The van der Waals surface area contributed by atoms with Crippen molar-refractivity contribution in [2.24, 2.45) is 5.92 Å². The summed E-state index contributed by atoms with van der Waals surface area (Å²) < 4.78 is 0. The lowest BCUT2D eigenvalue weighted by Gasteiger charge is -2.10. The lowest BCUT2D eigenvalue weighted by molar-refractivity contribution is 0.0696. The quantitative estimate of drug-likeness (QED) is 0.699. The summed E-state index contributed by atoms with van der Waals surface area (Å²) in [7, 11) is 0. The van der Waals surface area contributed by atoms with Crippen LogP contribution in [0.2, 0.25) is 0 Å². The number of carbonyl (C=O) groups excluding carboxylic acids is 1. The van der Waals surface area contributed by atoms with Crippen molar-refractivity contribution in [1.82, 2.24) is 5.32 Å². The molecule has 0 radical (unpaired) electrons. The van der Waals surface area contributed by atoms with Crippen LogP contribution in [0.3, 0.4) is 0 Å². The molecule has 0 aliphatic rings. The van der Waals surface area contributed by atoms with Gasteiger partial charge in [-0.05, 0) is 49.4 Å². The number of aromatic carboxylic acids is 1. The Morgan fingerprint density at radius 2 is 2.00 bits per heavy atom. The van der Waals surface area contributed by atoms with Gasteiger partial charge in [0.15, 0.2) is 0 Å². The summed E-state index contributed by atoms with van der Waals surface area (Å²) in [6.07, 6.45) is 2.02. The number of carboxylic acids is 1. The Hall–Kier alpha value is -2.04. The van der Waals surface area contributed by atoms with E-state index in [1.165, 1.54) is 6.07 Å². The highest BCUT2D eigenvalue weighted by Crippen LogP contribution is 2.15. The maximum Gasteiger partial charge on any atom is 0.335 e. The molecule has 3 N–H and O–H groups in total. The fourth-order valence-corrected chi connectivity index (χ4v) is 1.87. The molecular weight excluding hydrogens is 256 g/mol. The minimum Gasteiger partial charge on any atom is -0.478 e. The number of nitrogens with one attached hydrogen (secondary N) is 2. The van der Waals surface area contributed by atoms with Gasteiger partial charge in [0, 0.05) is 12.2 Å². The Balaban J connectivity index is 2.46. The highest BCUT2D eigenvalue weighted by Gasteiger charge is 2.08. The number of aryl methyl sites for hydroxylation is 1. The van der Waals surface area contributed by atoms with E-state index < -0.39 is 5.97 Å². The molecule has 2 amide bonds. The minimum atomic E-state index is -0.966. The average molecular weight is 278 g/mol. The highest BCUT2D eigenvalue weighted by atomic mass is 16.4. The van der Waals surface area contributed by atoms with E-state index >= 15 is 0 Å². The van der Waals surface area contributed by atoms with E-state index in [1.807, 2.05) is 0 Å². The molecule has 1 rings (SSSR count). The van der Waals surface area contributed by atoms with Crippen LogP contribution < -0.4 is 10.6 Å². The number of carbonyl (C=O) groups is 2. The van der Waals surface area contributed by atoms with Crippen LogP contribution in [0, 0.1) is 12.8 Å². The number of hydrogen-bond donors (Lipinski definition) is 3. The second kappa shape index (κ2) is 7.53. The van der Waals surface area contributed by atoms with Gasteiger partial charge in [0.1, 0.15) is 0 Å². The summed E-state index contributed by atoms with van der Waals surface area (Å²) in [5, 5.41) is 14.4. The van der Waals surface area contributed by atoms with Gasteiger partial charge in [-0.3, -0.25) is 0 Å². The number of anilines is 1. The third-order valence-corrected chi connectivity index (χ3v) is 2.96. The SMILES string of the molecule is Cc1cc(NC(=O)NCCCC(C)C)ccc1C(=O)O. The molecule has 5 nitrogen and oxygen atoms in total. The van der Waals surface area contributed by atoms with Gasteiger partial charge in [-0.15, -0.1) is 0 Å². The Bertz CT molecular complexity index is 484. The molecule has 0 aliphatic heterocycles. The van der Waals surface area contributed by atoms with Crippen molar-refractivity contribution in [2.75, 3.05) is 11.9 Å². The summed E-state index contributed by atoms with van der Waals surface area (Å²) in [5.41, 5.74) is 1.46. The normalized spacial score (nSPS) is 10.4. The summed E-state index contributed by atoms with van der Waals surface area (Å²) >= 11 is 0. The zero-order valence-electron chi connectivity index (χ0n) is 12.2. The summed E-state index contributed by atoms with van der Waals surface area (Å²) in [6, 6.07) is 4.46.